The number of aromatic nitrogens is 4. The van der Waals surface area contributed by atoms with Crippen molar-refractivity contribution < 1.29 is 0 Å². The van der Waals surface area contributed by atoms with E-state index < -0.39 is 0 Å². The quantitative estimate of drug-likeness (QED) is 0.759. The lowest BCUT2D eigenvalue weighted by atomic mass is 10.2. The third-order valence-corrected chi connectivity index (χ3v) is 3.49. The van der Waals surface area contributed by atoms with Crippen LogP contribution in [0.1, 0.15) is 24.4 Å². The predicted molar refractivity (Wildman–Crippen MR) is 70.3 cm³/mol. The highest BCUT2D eigenvalue weighted by Gasteiger charge is 2.28. The summed E-state index contributed by atoms with van der Waals surface area (Å²) < 4.78 is 2.27. The molecular weight excluding hydrogens is 238 g/mol. The maximum absolute atomic E-state index is 8.98. The second kappa shape index (κ2) is 3.69. The molecule has 1 aromatic carbocycles. The van der Waals surface area contributed by atoms with Crippen LogP contribution < -0.4 is 0 Å². The number of rotatable bonds is 2. The van der Waals surface area contributed by atoms with Crippen LogP contribution in [0.2, 0.25) is 0 Å². The summed E-state index contributed by atoms with van der Waals surface area (Å²) in [4.78, 5) is 4.68. The van der Waals surface area contributed by atoms with Crippen molar-refractivity contribution >= 4 is 11.0 Å². The summed E-state index contributed by atoms with van der Waals surface area (Å²) in [5.74, 6) is 0.932. The van der Waals surface area contributed by atoms with Gasteiger partial charge in [-0.3, -0.25) is 5.10 Å². The molecule has 0 amide bonds. The van der Waals surface area contributed by atoms with Crippen LogP contribution in [0.15, 0.2) is 30.6 Å². The minimum atomic E-state index is 0.530. The van der Waals surface area contributed by atoms with E-state index in [1.54, 1.807) is 6.20 Å². The third kappa shape index (κ3) is 1.54. The summed E-state index contributed by atoms with van der Waals surface area (Å²) in [7, 11) is 0. The zero-order valence-corrected chi connectivity index (χ0v) is 10.2. The lowest BCUT2D eigenvalue weighted by Gasteiger charge is -2.05. The molecule has 0 spiro atoms. The Labute approximate surface area is 109 Å². The highest BCUT2D eigenvalue weighted by atomic mass is 15.2. The van der Waals surface area contributed by atoms with E-state index in [1.807, 2.05) is 24.4 Å². The molecule has 19 heavy (non-hydrogen) atoms. The summed E-state index contributed by atoms with van der Waals surface area (Å²) in [6.07, 6.45) is 6.02. The molecule has 1 aliphatic carbocycles. The van der Waals surface area contributed by atoms with Gasteiger partial charge in [0.05, 0.1) is 34.4 Å². The fraction of sp³-hybridized carbons (Fsp3) is 0.214. The Bertz CT molecular complexity index is 787. The maximum Gasteiger partial charge on any atom is 0.144 e. The highest BCUT2D eigenvalue weighted by Crippen LogP contribution is 2.41. The van der Waals surface area contributed by atoms with Gasteiger partial charge in [-0.25, -0.2) is 4.98 Å². The number of fused-ring (bicyclic) bond motifs is 1. The zero-order valence-electron chi connectivity index (χ0n) is 10.2. The van der Waals surface area contributed by atoms with Gasteiger partial charge in [-0.05, 0) is 31.0 Å². The van der Waals surface area contributed by atoms with Crippen molar-refractivity contribution in [1.82, 2.24) is 19.7 Å². The average molecular weight is 249 g/mol. The molecule has 0 radical (unpaired) electrons. The van der Waals surface area contributed by atoms with Crippen molar-refractivity contribution in [1.29, 1.82) is 5.26 Å². The standard InChI is InChI=1S/C14H11N5/c15-6-9-1-4-13-12(5-9)18-14(10-7-16-17-8-10)19(13)11-2-3-11/h1,4-5,7-8,11H,2-3H2,(H,16,17). The Balaban J connectivity index is 2.02. The maximum atomic E-state index is 8.98. The minimum absolute atomic E-state index is 0.530. The molecule has 2 aromatic heterocycles. The first-order chi connectivity index (χ1) is 9.36. The number of aromatic amines is 1. The van der Waals surface area contributed by atoms with Crippen LogP contribution in [0.25, 0.3) is 22.4 Å². The number of benzene rings is 1. The van der Waals surface area contributed by atoms with Crippen molar-refractivity contribution in [3.63, 3.8) is 0 Å². The summed E-state index contributed by atoms with van der Waals surface area (Å²) in [6, 6.07) is 8.37. The van der Waals surface area contributed by atoms with Gasteiger partial charge in [0.15, 0.2) is 0 Å². The Kier molecular flexibility index (Phi) is 2.00. The number of hydrogen-bond donors (Lipinski definition) is 1. The molecule has 0 aliphatic heterocycles. The fourth-order valence-corrected chi connectivity index (χ4v) is 2.45. The Morgan fingerprint density at radius 1 is 1.37 bits per heavy atom. The van der Waals surface area contributed by atoms with Gasteiger partial charge in [-0.15, -0.1) is 0 Å². The van der Waals surface area contributed by atoms with Crippen molar-refractivity contribution in [2.45, 2.75) is 18.9 Å². The highest BCUT2D eigenvalue weighted by molar-refractivity contribution is 5.82. The molecule has 4 rings (SSSR count). The Morgan fingerprint density at radius 3 is 2.95 bits per heavy atom. The van der Waals surface area contributed by atoms with Gasteiger partial charge < -0.3 is 4.57 Å². The van der Waals surface area contributed by atoms with Gasteiger partial charge in [-0.1, -0.05) is 0 Å². The Hall–Kier alpha value is -2.61. The molecule has 1 fully saturated rings. The van der Waals surface area contributed by atoms with Crippen molar-refractivity contribution in [3.05, 3.63) is 36.2 Å². The normalized spacial score (nSPS) is 14.7. The molecule has 1 saturated carbocycles. The first kappa shape index (κ1) is 10.3. The molecule has 0 unspecified atom stereocenters. The van der Waals surface area contributed by atoms with Crippen LogP contribution >= 0.6 is 0 Å². The van der Waals surface area contributed by atoms with E-state index in [9.17, 15) is 0 Å². The van der Waals surface area contributed by atoms with Crippen LogP contribution in [0.3, 0.4) is 0 Å². The van der Waals surface area contributed by atoms with E-state index in [4.69, 9.17) is 5.26 Å². The minimum Gasteiger partial charge on any atom is -0.321 e. The molecule has 92 valence electrons. The van der Waals surface area contributed by atoms with Crippen LogP contribution in [0, 0.1) is 11.3 Å². The molecule has 0 saturated heterocycles. The van der Waals surface area contributed by atoms with Crippen molar-refractivity contribution in [3.8, 4) is 17.5 Å². The Morgan fingerprint density at radius 2 is 2.26 bits per heavy atom. The predicted octanol–water partition coefficient (Wildman–Crippen LogP) is 2.63. The van der Waals surface area contributed by atoms with E-state index >= 15 is 0 Å². The molecular formula is C14H11N5. The van der Waals surface area contributed by atoms with Gasteiger partial charge in [0.25, 0.3) is 0 Å². The average Bonchev–Trinajstić information content (AvgIpc) is 3.01. The van der Waals surface area contributed by atoms with E-state index in [1.165, 1.54) is 12.8 Å². The smallest absolute Gasteiger partial charge is 0.144 e. The van der Waals surface area contributed by atoms with Crippen LogP contribution in [0.5, 0.6) is 0 Å². The fourth-order valence-electron chi connectivity index (χ4n) is 2.45. The number of hydrogen-bond acceptors (Lipinski definition) is 3. The van der Waals surface area contributed by atoms with E-state index in [-0.39, 0.29) is 0 Å². The number of nitriles is 1. The molecule has 5 nitrogen and oxygen atoms in total. The number of nitrogens with zero attached hydrogens (tertiary/aromatic N) is 4. The zero-order chi connectivity index (χ0) is 12.8. The molecule has 5 heteroatoms. The third-order valence-electron chi connectivity index (χ3n) is 3.49. The summed E-state index contributed by atoms with van der Waals surface area (Å²) in [5, 5.41) is 15.8. The molecule has 2 heterocycles. The second-order valence-electron chi connectivity index (χ2n) is 4.84. The molecule has 1 aliphatic rings. The summed E-state index contributed by atoms with van der Waals surface area (Å²) in [5.41, 5.74) is 3.60. The van der Waals surface area contributed by atoms with E-state index in [2.05, 4.69) is 25.8 Å². The van der Waals surface area contributed by atoms with Crippen LogP contribution in [-0.4, -0.2) is 19.7 Å². The van der Waals surface area contributed by atoms with Gasteiger partial charge in [0.2, 0.25) is 0 Å². The van der Waals surface area contributed by atoms with Crippen molar-refractivity contribution in [2.24, 2.45) is 0 Å². The monoisotopic (exact) mass is 249 g/mol. The molecule has 0 atom stereocenters. The topological polar surface area (TPSA) is 70.3 Å². The first-order valence-electron chi connectivity index (χ1n) is 6.28. The van der Waals surface area contributed by atoms with Crippen molar-refractivity contribution in [2.75, 3.05) is 0 Å². The van der Waals surface area contributed by atoms with Gasteiger partial charge in [-0.2, -0.15) is 10.4 Å². The number of imidazole rings is 1. The number of nitrogens with one attached hydrogen (secondary N) is 1. The van der Waals surface area contributed by atoms with Gasteiger partial charge in [0, 0.05) is 12.2 Å². The molecule has 1 N–H and O–H groups in total. The van der Waals surface area contributed by atoms with Gasteiger partial charge in [0.1, 0.15) is 5.82 Å². The second-order valence-corrected chi connectivity index (χ2v) is 4.84. The van der Waals surface area contributed by atoms with E-state index in [0.29, 0.717) is 11.6 Å². The molecule has 0 bridgehead atoms. The van der Waals surface area contributed by atoms with Gasteiger partial charge >= 0.3 is 0 Å². The largest absolute Gasteiger partial charge is 0.321 e. The lowest BCUT2D eigenvalue weighted by Crippen LogP contribution is -1.96. The summed E-state index contributed by atoms with van der Waals surface area (Å²) in [6.45, 7) is 0. The van der Waals surface area contributed by atoms with Crippen LogP contribution in [0.4, 0.5) is 0 Å². The van der Waals surface area contributed by atoms with Crippen LogP contribution in [-0.2, 0) is 0 Å². The first-order valence-corrected chi connectivity index (χ1v) is 6.28. The molecule has 3 aromatic rings. The summed E-state index contributed by atoms with van der Waals surface area (Å²) >= 11 is 0. The lowest BCUT2D eigenvalue weighted by molar-refractivity contribution is 0.775. The SMILES string of the molecule is N#Cc1ccc2c(c1)nc(-c1cn[nH]c1)n2C1CC1. The van der Waals surface area contributed by atoms with E-state index in [0.717, 1.165) is 22.4 Å². The number of H-pyrrole nitrogens is 1.